The zero-order valence-corrected chi connectivity index (χ0v) is 15.4. The molecule has 2 N–H and O–H groups in total. The van der Waals surface area contributed by atoms with Crippen LogP contribution in [0.5, 0.6) is 23.0 Å². The van der Waals surface area contributed by atoms with E-state index in [1.807, 2.05) is 36.4 Å². The summed E-state index contributed by atoms with van der Waals surface area (Å²) in [5, 5.41) is 9.62. The molecule has 0 spiro atoms. The molecule has 28 heavy (non-hydrogen) atoms. The molecule has 1 aromatic heterocycles. The Morgan fingerprint density at radius 1 is 1.00 bits per heavy atom. The van der Waals surface area contributed by atoms with E-state index in [0.29, 0.717) is 39.8 Å². The van der Waals surface area contributed by atoms with Gasteiger partial charge in [-0.25, -0.2) is 4.98 Å². The number of nitrogens with two attached hydrogens (primary N) is 1. The first-order valence-corrected chi connectivity index (χ1v) is 8.47. The first kappa shape index (κ1) is 17.5. The Morgan fingerprint density at radius 2 is 1.82 bits per heavy atom. The third kappa shape index (κ3) is 2.91. The van der Waals surface area contributed by atoms with Crippen molar-refractivity contribution in [1.82, 2.24) is 4.98 Å². The van der Waals surface area contributed by atoms with E-state index in [1.54, 1.807) is 20.3 Å². The molecule has 0 saturated carbocycles. The van der Waals surface area contributed by atoms with Crippen molar-refractivity contribution in [3.8, 4) is 51.5 Å². The number of nitrogen functional groups attached to an aromatic ring is 1. The quantitative estimate of drug-likeness (QED) is 0.743. The van der Waals surface area contributed by atoms with Crippen molar-refractivity contribution in [2.24, 2.45) is 0 Å². The predicted octanol–water partition coefficient (Wildman–Crippen LogP) is 3.62. The lowest BCUT2D eigenvalue weighted by Crippen LogP contribution is -2.01. The standard InChI is InChI=1S/C21H17N3O4/c1-25-13-4-5-14(19(8-13)26-2)17-9-15(16(10-22)21(23)24-17)12-3-6-18-20(7-12)28-11-27-18/h3-9H,11H2,1-2H3,(H2,23,24). The molecule has 0 bridgehead atoms. The zero-order valence-electron chi connectivity index (χ0n) is 15.4. The third-order valence-corrected chi connectivity index (χ3v) is 4.53. The molecule has 2 aromatic carbocycles. The van der Waals surface area contributed by atoms with Crippen LogP contribution in [-0.4, -0.2) is 26.0 Å². The third-order valence-electron chi connectivity index (χ3n) is 4.53. The molecule has 2 heterocycles. The van der Waals surface area contributed by atoms with Crippen LogP contribution in [0.3, 0.4) is 0 Å². The summed E-state index contributed by atoms with van der Waals surface area (Å²) < 4.78 is 21.5. The van der Waals surface area contributed by atoms with Crippen LogP contribution in [0, 0.1) is 11.3 Å². The van der Waals surface area contributed by atoms with E-state index in [0.717, 1.165) is 11.1 Å². The van der Waals surface area contributed by atoms with Crippen LogP contribution in [0.25, 0.3) is 22.4 Å². The van der Waals surface area contributed by atoms with Crippen LogP contribution in [0.15, 0.2) is 42.5 Å². The van der Waals surface area contributed by atoms with Crippen LogP contribution < -0.4 is 24.7 Å². The molecule has 140 valence electrons. The van der Waals surface area contributed by atoms with E-state index >= 15 is 0 Å². The largest absolute Gasteiger partial charge is 0.497 e. The number of aromatic nitrogens is 1. The number of hydrogen-bond donors (Lipinski definition) is 1. The minimum Gasteiger partial charge on any atom is -0.497 e. The number of hydrogen-bond acceptors (Lipinski definition) is 7. The van der Waals surface area contributed by atoms with Gasteiger partial charge in [-0.1, -0.05) is 6.07 Å². The van der Waals surface area contributed by atoms with E-state index in [9.17, 15) is 5.26 Å². The van der Waals surface area contributed by atoms with Gasteiger partial charge in [0.25, 0.3) is 0 Å². The van der Waals surface area contributed by atoms with Crippen LogP contribution in [0.1, 0.15) is 5.56 Å². The Balaban J connectivity index is 1.89. The Kier molecular flexibility index (Phi) is 4.38. The molecule has 1 aliphatic rings. The number of ether oxygens (including phenoxy) is 4. The minimum atomic E-state index is 0.144. The van der Waals surface area contributed by atoms with Crippen molar-refractivity contribution in [3.63, 3.8) is 0 Å². The lowest BCUT2D eigenvalue weighted by Gasteiger charge is -2.13. The van der Waals surface area contributed by atoms with Crippen LogP contribution in [0.2, 0.25) is 0 Å². The normalized spacial score (nSPS) is 11.8. The van der Waals surface area contributed by atoms with Gasteiger partial charge >= 0.3 is 0 Å². The summed E-state index contributed by atoms with van der Waals surface area (Å²) in [6, 6.07) is 14.9. The Bertz CT molecular complexity index is 1110. The monoisotopic (exact) mass is 375 g/mol. The molecule has 0 radical (unpaired) electrons. The lowest BCUT2D eigenvalue weighted by atomic mass is 9.97. The van der Waals surface area contributed by atoms with Crippen molar-refractivity contribution < 1.29 is 18.9 Å². The first-order valence-electron chi connectivity index (χ1n) is 8.47. The molecule has 4 rings (SSSR count). The van der Waals surface area contributed by atoms with Gasteiger partial charge in [-0.2, -0.15) is 5.26 Å². The molecule has 0 aliphatic carbocycles. The second kappa shape index (κ2) is 7.00. The first-order chi connectivity index (χ1) is 13.6. The van der Waals surface area contributed by atoms with Crippen molar-refractivity contribution in [1.29, 1.82) is 5.26 Å². The number of fused-ring (bicyclic) bond motifs is 1. The Hall–Kier alpha value is -3.92. The summed E-state index contributed by atoms with van der Waals surface area (Å²) in [7, 11) is 3.16. The molecule has 0 atom stereocenters. The highest BCUT2D eigenvalue weighted by molar-refractivity contribution is 5.82. The van der Waals surface area contributed by atoms with Gasteiger partial charge in [0.15, 0.2) is 11.5 Å². The van der Waals surface area contributed by atoms with Gasteiger partial charge in [-0.05, 0) is 35.9 Å². The maximum absolute atomic E-state index is 9.62. The highest BCUT2D eigenvalue weighted by Crippen LogP contribution is 2.40. The highest BCUT2D eigenvalue weighted by atomic mass is 16.7. The molecule has 0 amide bonds. The van der Waals surface area contributed by atoms with Crippen LogP contribution in [0.4, 0.5) is 5.82 Å². The van der Waals surface area contributed by atoms with Gasteiger partial charge in [0.05, 0.1) is 19.9 Å². The molecular formula is C21H17N3O4. The van der Waals surface area contributed by atoms with Gasteiger partial charge in [0, 0.05) is 17.2 Å². The molecule has 1 aliphatic heterocycles. The average Bonchev–Trinajstić information content (AvgIpc) is 3.20. The van der Waals surface area contributed by atoms with Crippen molar-refractivity contribution >= 4 is 5.82 Å². The number of pyridine rings is 1. The molecular weight excluding hydrogens is 358 g/mol. The number of rotatable bonds is 4. The number of nitriles is 1. The average molecular weight is 375 g/mol. The van der Waals surface area contributed by atoms with Gasteiger partial charge in [-0.3, -0.25) is 0 Å². The fraction of sp³-hybridized carbons (Fsp3) is 0.143. The Labute approximate surface area is 161 Å². The summed E-state index contributed by atoms with van der Waals surface area (Å²) in [4.78, 5) is 4.42. The van der Waals surface area contributed by atoms with Crippen LogP contribution in [-0.2, 0) is 0 Å². The number of methoxy groups -OCH3 is 2. The maximum atomic E-state index is 9.62. The summed E-state index contributed by atoms with van der Waals surface area (Å²) in [5.41, 5.74) is 9.17. The zero-order chi connectivity index (χ0) is 19.7. The highest BCUT2D eigenvalue weighted by Gasteiger charge is 2.19. The molecule has 0 saturated heterocycles. The molecule has 7 nitrogen and oxygen atoms in total. The summed E-state index contributed by atoms with van der Waals surface area (Å²) in [6.45, 7) is 0.177. The van der Waals surface area contributed by atoms with Crippen molar-refractivity contribution in [3.05, 3.63) is 48.0 Å². The van der Waals surface area contributed by atoms with Crippen molar-refractivity contribution in [2.45, 2.75) is 0 Å². The van der Waals surface area contributed by atoms with Crippen LogP contribution >= 0.6 is 0 Å². The maximum Gasteiger partial charge on any atom is 0.231 e. The SMILES string of the molecule is COc1ccc(-c2cc(-c3ccc4c(c3)OCO4)c(C#N)c(N)n2)c(OC)c1. The number of nitrogens with zero attached hydrogens (tertiary/aromatic N) is 2. The minimum absolute atomic E-state index is 0.144. The topological polar surface area (TPSA) is 99.6 Å². The van der Waals surface area contributed by atoms with Crippen molar-refractivity contribution in [2.75, 3.05) is 26.7 Å². The van der Waals surface area contributed by atoms with E-state index in [2.05, 4.69) is 11.1 Å². The van der Waals surface area contributed by atoms with E-state index in [4.69, 9.17) is 24.7 Å². The summed E-state index contributed by atoms with van der Waals surface area (Å²) in [5.74, 6) is 2.69. The fourth-order valence-corrected chi connectivity index (χ4v) is 3.12. The molecule has 0 fully saturated rings. The van der Waals surface area contributed by atoms with Gasteiger partial charge in [0.1, 0.15) is 28.9 Å². The number of benzene rings is 2. The smallest absolute Gasteiger partial charge is 0.231 e. The molecule has 0 unspecified atom stereocenters. The summed E-state index contributed by atoms with van der Waals surface area (Å²) in [6.07, 6.45) is 0. The van der Waals surface area contributed by atoms with E-state index in [-0.39, 0.29) is 12.6 Å². The van der Waals surface area contributed by atoms with E-state index in [1.165, 1.54) is 0 Å². The van der Waals surface area contributed by atoms with Gasteiger partial charge in [-0.15, -0.1) is 0 Å². The lowest BCUT2D eigenvalue weighted by molar-refractivity contribution is 0.174. The van der Waals surface area contributed by atoms with E-state index < -0.39 is 0 Å². The van der Waals surface area contributed by atoms with Gasteiger partial charge < -0.3 is 24.7 Å². The van der Waals surface area contributed by atoms with Gasteiger partial charge in [0.2, 0.25) is 6.79 Å². The fourth-order valence-electron chi connectivity index (χ4n) is 3.12. The predicted molar refractivity (Wildman–Crippen MR) is 103 cm³/mol. The number of anilines is 1. The molecule has 7 heteroatoms. The summed E-state index contributed by atoms with van der Waals surface area (Å²) >= 11 is 0. The second-order valence-electron chi connectivity index (χ2n) is 6.06. The Morgan fingerprint density at radius 3 is 2.57 bits per heavy atom. The molecule has 3 aromatic rings. The second-order valence-corrected chi connectivity index (χ2v) is 6.06.